The van der Waals surface area contributed by atoms with Gasteiger partial charge in [-0.15, -0.1) is 6.42 Å². The summed E-state index contributed by atoms with van der Waals surface area (Å²) in [6.07, 6.45) is 6.78. The molecule has 0 bridgehead atoms. The summed E-state index contributed by atoms with van der Waals surface area (Å²) < 4.78 is 6.09. The maximum Gasteiger partial charge on any atom is 0.126 e. The number of nitrogens with zero attached hydrogens (tertiary/aromatic N) is 2. The largest absolute Gasteiger partial charge is 0.490 e. The highest BCUT2D eigenvalue weighted by atomic mass is 16.5. The molecule has 0 aromatic heterocycles. The SMILES string of the molecule is C.C#Cc1ccc(N2CCN(c3c(C)c(C)c4c(c3C)CC(C)O4)CC2)cc1.CC.CC.CC. The van der Waals surface area contributed by atoms with Gasteiger partial charge >= 0.3 is 0 Å². The molecule has 1 fully saturated rings. The van der Waals surface area contributed by atoms with Crippen LogP contribution < -0.4 is 14.5 Å². The minimum atomic E-state index is 0. The van der Waals surface area contributed by atoms with Crippen LogP contribution in [0.2, 0.25) is 0 Å². The molecule has 0 amide bonds. The van der Waals surface area contributed by atoms with Crippen molar-refractivity contribution in [2.45, 2.75) is 89.2 Å². The van der Waals surface area contributed by atoms with Crippen LogP contribution in [-0.4, -0.2) is 32.3 Å². The number of ether oxygens (including phenoxy) is 1. The van der Waals surface area contributed by atoms with Crippen molar-refractivity contribution in [2.75, 3.05) is 36.0 Å². The van der Waals surface area contributed by atoms with Gasteiger partial charge in [0.05, 0.1) is 0 Å². The Bertz CT molecular complexity index is 901. The molecule has 34 heavy (non-hydrogen) atoms. The molecule has 1 unspecified atom stereocenters. The molecule has 1 atom stereocenters. The third-order valence-corrected chi connectivity index (χ3v) is 6.15. The Labute approximate surface area is 211 Å². The zero-order valence-electron chi connectivity index (χ0n) is 22.8. The molecular formula is C31H50N2O. The Hall–Kier alpha value is -2.60. The van der Waals surface area contributed by atoms with Crippen LogP contribution in [0.4, 0.5) is 11.4 Å². The molecule has 2 aromatic carbocycles. The summed E-state index contributed by atoms with van der Waals surface area (Å²) in [6.45, 7) is 25.0. The van der Waals surface area contributed by atoms with Gasteiger partial charge in [0.25, 0.3) is 0 Å². The third kappa shape index (κ3) is 6.72. The first-order valence-electron chi connectivity index (χ1n) is 12.9. The van der Waals surface area contributed by atoms with E-state index in [1.165, 1.54) is 33.6 Å². The van der Waals surface area contributed by atoms with E-state index in [-0.39, 0.29) is 13.5 Å². The second-order valence-electron chi connectivity index (χ2n) is 7.83. The van der Waals surface area contributed by atoms with Gasteiger partial charge in [-0.3, -0.25) is 0 Å². The monoisotopic (exact) mass is 466 g/mol. The summed E-state index contributed by atoms with van der Waals surface area (Å²) in [5, 5.41) is 0. The fourth-order valence-electron chi connectivity index (χ4n) is 4.54. The van der Waals surface area contributed by atoms with Crippen LogP contribution in [-0.2, 0) is 6.42 Å². The number of fused-ring (bicyclic) bond motifs is 1. The molecule has 190 valence electrons. The molecule has 1 saturated heterocycles. The van der Waals surface area contributed by atoms with Crippen molar-refractivity contribution < 1.29 is 4.74 Å². The molecular weight excluding hydrogens is 416 g/mol. The van der Waals surface area contributed by atoms with Gasteiger partial charge in [-0.05, 0) is 68.7 Å². The molecule has 2 aromatic rings. The topological polar surface area (TPSA) is 15.7 Å². The van der Waals surface area contributed by atoms with E-state index in [4.69, 9.17) is 11.2 Å². The first-order chi connectivity index (χ1) is 16.0. The number of terminal acetylenes is 1. The van der Waals surface area contributed by atoms with Crippen LogP contribution in [0.3, 0.4) is 0 Å². The van der Waals surface area contributed by atoms with Gasteiger partial charge < -0.3 is 14.5 Å². The molecule has 0 saturated carbocycles. The smallest absolute Gasteiger partial charge is 0.126 e. The summed E-state index contributed by atoms with van der Waals surface area (Å²) in [5.41, 5.74) is 9.11. The lowest BCUT2D eigenvalue weighted by Crippen LogP contribution is -2.47. The third-order valence-electron chi connectivity index (χ3n) is 6.15. The predicted molar refractivity (Wildman–Crippen MR) is 154 cm³/mol. The van der Waals surface area contributed by atoms with Gasteiger partial charge in [0.2, 0.25) is 0 Å². The summed E-state index contributed by atoms with van der Waals surface area (Å²) in [7, 11) is 0. The average Bonchev–Trinajstić information content (AvgIpc) is 3.29. The summed E-state index contributed by atoms with van der Waals surface area (Å²) >= 11 is 0. The predicted octanol–water partition coefficient (Wildman–Crippen LogP) is 7.96. The van der Waals surface area contributed by atoms with Gasteiger partial charge in [0.1, 0.15) is 11.9 Å². The Kier molecular flexibility index (Phi) is 14.2. The van der Waals surface area contributed by atoms with Crippen molar-refractivity contribution >= 4 is 11.4 Å². The van der Waals surface area contributed by atoms with Crippen LogP contribution in [0.5, 0.6) is 5.75 Å². The second kappa shape index (κ2) is 15.3. The van der Waals surface area contributed by atoms with Crippen LogP contribution in [0, 0.1) is 33.1 Å². The quantitative estimate of drug-likeness (QED) is 0.418. The lowest BCUT2D eigenvalue weighted by molar-refractivity contribution is 0.253. The minimum absolute atomic E-state index is 0. The average molecular weight is 467 g/mol. The molecule has 3 nitrogen and oxygen atoms in total. The molecule has 2 aliphatic heterocycles. The fraction of sp³-hybridized carbons (Fsp3) is 0.548. The molecule has 0 spiro atoms. The number of hydrogen-bond donors (Lipinski definition) is 0. The lowest BCUT2D eigenvalue weighted by Gasteiger charge is -2.39. The van der Waals surface area contributed by atoms with Crippen molar-refractivity contribution in [3.63, 3.8) is 0 Å². The van der Waals surface area contributed by atoms with Crippen molar-refractivity contribution in [1.29, 1.82) is 0 Å². The zero-order valence-corrected chi connectivity index (χ0v) is 22.8. The summed E-state index contributed by atoms with van der Waals surface area (Å²) in [6, 6.07) is 8.33. The van der Waals surface area contributed by atoms with E-state index in [1.807, 2.05) is 53.7 Å². The maximum atomic E-state index is 6.09. The van der Waals surface area contributed by atoms with E-state index in [0.29, 0.717) is 0 Å². The van der Waals surface area contributed by atoms with Crippen molar-refractivity contribution in [1.82, 2.24) is 0 Å². The highest BCUT2D eigenvalue weighted by molar-refractivity contribution is 5.70. The van der Waals surface area contributed by atoms with Gasteiger partial charge in [0.15, 0.2) is 0 Å². The van der Waals surface area contributed by atoms with E-state index in [0.717, 1.165) is 43.9 Å². The van der Waals surface area contributed by atoms with Gasteiger partial charge in [-0.2, -0.15) is 0 Å². The van der Waals surface area contributed by atoms with Crippen molar-refractivity contribution in [2.24, 2.45) is 0 Å². The maximum absolute atomic E-state index is 6.09. The molecule has 2 aliphatic rings. The first kappa shape index (κ1) is 31.4. The Morgan fingerprint density at radius 2 is 1.29 bits per heavy atom. The lowest BCUT2D eigenvalue weighted by atomic mass is 9.94. The normalized spacial score (nSPS) is 15.5. The Balaban J connectivity index is 0.00000145. The minimum Gasteiger partial charge on any atom is -0.490 e. The fourth-order valence-corrected chi connectivity index (χ4v) is 4.54. The van der Waals surface area contributed by atoms with Crippen LogP contribution in [0.1, 0.15) is 83.7 Å². The second-order valence-corrected chi connectivity index (χ2v) is 7.83. The zero-order chi connectivity index (χ0) is 25.1. The van der Waals surface area contributed by atoms with E-state index in [9.17, 15) is 0 Å². The van der Waals surface area contributed by atoms with E-state index >= 15 is 0 Å². The molecule has 0 radical (unpaired) electrons. The molecule has 0 N–H and O–H groups in total. The number of rotatable bonds is 2. The summed E-state index contributed by atoms with van der Waals surface area (Å²) in [4.78, 5) is 5.01. The number of benzene rings is 2. The standard InChI is InChI=1S/C24H28N2O.3C2H6.CH4/c1-6-20-7-9-21(10-8-20)25-11-13-26(14-12-25)23-17(3)18(4)24-22(19(23)5)15-16(2)27-24;3*1-2;/h1,7-10,16H,11-15H2,2-5H3;3*1-2H3;1H4. The van der Waals surface area contributed by atoms with Crippen LogP contribution in [0.25, 0.3) is 0 Å². The summed E-state index contributed by atoms with van der Waals surface area (Å²) in [5.74, 6) is 3.82. The van der Waals surface area contributed by atoms with E-state index < -0.39 is 0 Å². The molecule has 4 rings (SSSR count). The Morgan fingerprint density at radius 3 is 1.79 bits per heavy atom. The highest BCUT2D eigenvalue weighted by Gasteiger charge is 2.29. The first-order valence-corrected chi connectivity index (χ1v) is 12.9. The van der Waals surface area contributed by atoms with Crippen LogP contribution in [0.15, 0.2) is 24.3 Å². The van der Waals surface area contributed by atoms with Crippen molar-refractivity contribution in [3.8, 4) is 18.1 Å². The molecule has 0 aliphatic carbocycles. The highest BCUT2D eigenvalue weighted by Crippen LogP contribution is 2.42. The van der Waals surface area contributed by atoms with Gasteiger partial charge in [0, 0.05) is 55.1 Å². The Morgan fingerprint density at radius 1 is 0.794 bits per heavy atom. The van der Waals surface area contributed by atoms with Gasteiger partial charge in [-0.25, -0.2) is 0 Å². The molecule has 2 heterocycles. The number of anilines is 2. The number of hydrogen-bond acceptors (Lipinski definition) is 3. The van der Waals surface area contributed by atoms with Gasteiger partial charge in [-0.1, -0.05) is 54.9 Å². The van der Waals surface area contributed by atoms with Crippen LogP contribution >= 0.6 is 0 Å². The van der Waals surface area contributed by atoms with E-state index in [2.05, 4.69) is 55.5 Å². The van der Waals surface area contributed by atoms with E-state index in [1.54, 1.807) is 0 Å². The van der Waals surface area contributed by atoms with Crippen molar-refractivity contribution in [3.05, 3.63) is 52.1 Å². The number of piperazine rings is 1. The molecule has 3 heteroatoms.